The Morgan fingerprint density at radius 2 is 1.33 bits per heavy atom. The highest BCUT2D eigenvalue weighted by atomic mass is 32.2. The van der Waals surface area contributed by atoms with Gasteiger partial charge in [0.2, 0.25) is 10.0 Å². The maximum atomic E-state index is 14.3. The molecule has 2 saturated carbocycles. The van der Waals surface area contributed by atoms with Crippen molar-refractivity contribution in [3.05, 3.63) is 91.0 Å². The molecule has 3 fully saturated rings. The van der Waals surface area contributed by atoms with Gasteiger partial charge in [0.25, 0.3) is 5.91 Å². The van der Waals surface area contributed by atoms with Crippen molar-refractivity contribution < 1.29 is 13.2 Å². The fourth-order valence-electron chi connectivity index (χ4n) is 7.46. The first-order chi connectivity index (χ1) is 17.2. The molecule has 0 N–H and O–H groups in total. The molecule has 3 aromatic carbocycles. The van der Waals surface area contributed by atoms with E-state index in [0.29, 0.717) is 5.92 Å². The number of rotatable bonds is 4. The summed E-state index contributed by atoms with van der Waals surface area (Å²) in [6.45, 7) is 1.84. The summed E-state index contributed by atoms with van der Waals surface area (Å²) in [7, 11) is -3.71. The molecule has 36 heavy (non-hydrogen) atoms. The van der Waals surface area contributed by atoms with Gasteiger partial charge in [-0.2, -0.15) is 0 Å². The van der Waals surface area contributed by atoms with E-state index in [-0.39, 0.29) is 28.5 Å². The van der Waals surface area contributed by atoms with Crippen LogP contribution in [0.15, 0.2) is 91.0 Å². The highest BCUT2D eigenvalue weighted by Crippen LogP contribution is 2.70. The second-order valence-electron chi connectivity index (χ2n) is 11.1. The van der Waals surface area contributed by atoms with E-state index >= 15 is 0 Å². The summed E-state index contributed by atoms with van der Waals surface area (Å²) >= 11 is 0. The summed E-state index contributed by atoms with van der Waals surface area (Å²) < 4.78 is 28.7. The molecule has 1 spiro atoms. The Morgan fingerprint density at radius 3 is 1.78 bits per heavy atom. The van der Waals surface area contributed by atoms with Crippen LogP contribution < -0.4 is 15.9 Å². The van der Waals surface area contributed by atoms with Crippen LogP contribution in [0.5, 0.6) is 0 Å². The van der Waals surface area contributed by atoms with Gasteiger partial charge in [-0.15, -0.1) is 0 Å². The second kappa shape index (κ2) is 8.19. The Bertz CT molecular complexity index is 1360. The van der Waals surface area contributed by atoms with E-state index in [4.69, 9.17) is 0 Å². The highest BCUT2D eigenvalue weighted by Gasteiger charge is 2.72. The monoisotopic (exact) mass is 517 g/mol. The lowest BCUT2D eigenvalue weighted by atomic mass is 9.69. The van der Waals surface area contributed by atoms with E-state index in [1.165, 1.54) is 4.31 Å². The van der Waals surface area contributed by atoms with Crippen LogP contribution in [0.25, 0.3) is 0 Å². The number of sulfonamides is 1. The summed E-state index contributed by atoms with van der Waals surface area (Å²) in [6, 6.07) is 30.0. The number of hydrogen-bond donors (Lipinski definition) is 0. The molecule has 2 unspecified atom stereocenters. The predicted octanol–water partition coefficient (Wildman–Crippen LogP) is 4.15. The SMILES string of the molecule is CC1(C)C2CC[C@@]13CS(=O)(=O)N(C(=O)C=P(c1ccccc1)(c1ccccc1)c1ccccc1)C3C2. The molecule has 1 aliphatic heterocycles. The Morgan fingerprint density at radius 1 is 0.861 bits per heavy atom. The first-order valence-electron chi connectivity index (χ1n) is 12.7. The zero-order valence-corrected chi connectivity index (χ0v) is 22.5. The van der Waals surface area contributed by atoms with Crippen molar-refractivity contribution in [2.45, 2.75) is 39.2 Å². The smallest absolute Gasteiger partial charge is 0.261 e. The molecule has 4 nitrogen and oxygen atoms in total. The van der Waals surface area contributed by atoms with Crippen LogP contribution in [0.2, 0.25) is 0 Å². The molecular weight excluding hydrogens is 485 g/mol. The van der Waals surface area contributed by atoms with Crippen LogP contribution in [0.3, 0.4) is 0 Å². The first-order valence-corrected chi connectivity index (χ1v) is 16.2. The fraction of sp³-hybridized carbons (Fsp3) is 0.333. The fourth-order valence-corrected chi connectivity index (χ4v) is 13.8. The highest BCUT2D eigenvalue weighted by molar-refractivity contribution is 7.95. The molecule has 0 aromatic heterocycles. The largest absolute Gasteiger partial charge is 0.269 e. The average molecular weight is 518 g/mol. The van der Waals surface area contributed by atoms with E-state index in [2.05, 4.69) is 50.2 Å². The molecule has 1 amide bonds. The second-order valence-corrected chi connectivity index (χ2v) is 16.2. The third-order valence-electron chi connectivity index (χ3n) is 9.42. The van der Waals surface area contributed by atoms with Gasteiger partial charge in [0, 0.05) is 11.2 Å². The van der Waals surface area contributed by atoms with E-state index in [1.807, 2.05) is 54.6 Å². The molecule has 1 heterocycles. The zero-order valence-electron chi connectivity index (χ0n) is 20.7. The van der Waals surface area contributed by atoms with Gasteiger partial charge in [0.05, 0.1) is 11.8 Å². The molecule has 6 rings (SSSR count). The van der Waals surface area contributed by atoms with Gasteiger partial charge in [-0.1, -0.05) is 105 Å². The van der Waals surface area contributed by atoms with Crippen LogP contribution >= 0.6 is 6.89 Å². The van der Waals surface area contributed by atoms with Gasteiger partial charge >= 0.3 is 0 Å². The van der Waals surface area contributed by atoms with Crippen LogP contribution in [0.1, 0.15) is 33.1 Å². The topological polar surface area (TPSA) is 54.5 Å². The minimum Gasteiger partial charge on any atom is -0.269 e. The normalized spacial score (nSPS) is 27.6. The minimum atomic E-state index is -3.71. The van der Waals surface area contributed by atoms with Crippen molar-refractivity contribution in [1.29, 1.82) is 0 Å². The molecule has 3 atom stereocenters. The summed E-state index contributed by atoms with van der Waals surface area (Å²) in [5.41, 5.74) is -0.419. The maximum absolute atomic E-state index is 14.3. The van der Waals surface area contributed by atoms with Gasteiger partial charge in [0.1, 0.15) is 0 Å². The predicted molar refractivity (Wildman–Crippen MR) is 149 cm³/mol. The number of benzene rings is 3. The molecule has 2 bridgehead atoms. The van der Waals surface area contributed by atoms with Crippen molar-refractivity contribution in [2.24, 2.45) is 16.7 Å². The summed E-state index contributed by atoms with van der Waals surface area (Å²) in [5, 5.41) is 3.11. The van der Waals surface area contributed by atoms with Crippen LogP contribution in [-0.4, -0.2) is 36.2 Å². The van der Waals surface area contributed by atoms with Gasteiger partial charge in [0.15, 0.2) is 0 Å². The number of nitrogens with zero attached hydrogens (tertiary/aromatic N) is 1. The van der Waals surface area contributed by atoms with Crippen molar-refractivity contribution in [2.75, 3.05) is 5.75 Å². The Hall–Kier alpha value is -2.62. The number of amides is 1. The van der Waals surface area contributed by atoms with Gasteiger partial charge in [-0.05, 0) is 53.4 Å². The summed E-state index contributed by atoms with van der Waals surface area (Å²) in [4.78, 5) is 14.3. The quantitative estimate of drug-likeness (QED) is 0.489. The number of hydrogen-bond acceptors (Lipinski definition) is 3. The molecule has 0 radical (unpaired) electrons. The molecule has 2 aliphatic carbocycles. The van der Waals surface area contributed by atoms with Crippen molar-refractivity contribution in [1.82, 2.24) is 4.31 Å². The van der Waals surface area contributed by atoms with E-state index in [1.54, 1.807) is 5.80 Å². The van der Waals surface area contributed by atoms with E-state index < -0.39 is 16.9 Å². The molecular formula is C30H32NO3PS. The van der Waals surface area contributed by atoms with Crippen molar-refractivity contribution >= 4 is 44.5 Å². The van der Waals surface area contributed by atoms with E-state index in [0.717, 1.165) is 35.2 Å². The van der Waals surface area contributed by atoms with Crippen LogP contribution in [-0.2, 0) is 14.8 Å². The molecule has 186 valence electrons. The van der Waals surface area contributed by atoms with Crippen molar-refractivity contribution in [3.8, 4) is 0 Å². The number of carbonyl (C=O) groups excluding carboxylic acids is 1. The zero-order chi connectivity index (χ0) is 25.2. The molecule has 1 saturated heterocycles. The minimum absolute atomic E-state index is 0.0791. The third-order valence-corrected chi connectivity index (χ3v) is 15.3. The maximum Gasteiger partial charge on any atom is 0.261 e. The Balaban J connectivity index is 1.60. The van der Waals surface area contributed by atoms with Crippen LogP contribution in [0.4, 0.5) is 0 Å². The summed E-state index contributed by atoms with van der Waals surface area (Å²) in [6.07, 6.45) is 2.72. The average Bonchev–Trinajstić information content (AvgIpc) is 3.37. The summed E-state index contributed by atoms with van der Waals surface area (Å²) in [5.74, 6) is 1.96. The third kappa shape index (κ3) is 3.18. The van der Waals surface area contributed by atoms with Crippen molar-refractivity contribution in [3.63, 3.8) is 0 Å². The molecule has 6 heteroatoms. The van der Waals surface area contributed by atoms with Gasteiger partial charge in [-0.3, -0.25) is 4.79 Å². The van der Waals surface area contributed by atoms with Gasteiger partial charge < -0.3 is 0 Å². The standard InChI is InChI=1S/C30H32NO3PS/c1-29(2)23-18-19-30(29)22-36(33,34)31(27(30)20-23)28(32)21-35(24-12-6-3-7-13-24,25-14-8-4-9-15-25)26-16-10-5-11-17-26/h3-17,21,23,27H,18-20,22H2,1-2H3/t23?,27?,30-/m0/s1. The van der Waals surface area contributed by atoms with Gasteiger partial charge in [-0.25, -0.2) is 12.7 Å². The Kier molecular flexibility index (Phi) is 5.41. The lowest BCUT2D eigenvalue weighted by Crippen LogP contribution is -2.45. The number of fused-ring (bicyclic) bond motifs is 1. The molecule has 3 aliphatic rings. The Labute approximate surface area is 214 Å². The number of carbonyl (C=O) groups is 1. The van der Waals surface area contributed by atoms with E-state index in [9.17, 15) is 13.2 Å². The van der Waals surface area contributed by atoms with Crippen LogP contribution in [0, 0.1) is 16.7 Å². The lowest BCUT2D eigenvalue weighted by molar-refractivity contribution is -0.121. The molecule has 3 aromatic rings. The first kappa shape index (κ1) is 23.8. The lowest BCUT2D eigenvalue weighted by Gasteiger charge is -2.37.